The van der Waals surface area contributed by atoms with Crippen LogP contribution in [0.25, 0.3) is 0 Å². The molecular weight excluding hydrogens is 263 g/mol. The lowest BCUT2D eigenvalue weighted by atomic mass is 10.2. The van der Waals surface area contributed by atoms with Gasteiger partial charge in [-0.25, -0.2) is 4.39 Å². The van der Waals surface area contributed by atoms with Gasteiger partial charge >= 0.3 is 0 Å². The van der Waals surface area contributed by atoms with Crippen LogP contribution < -0.4 is 5.32 Å². The normalized spacial score (nSPS) is 10.9. The average molecular weight is 281 g/mol. The SMILES string of the molecule is CCCNCc1ccn(Cc2ccc(F)cc2Cl)c1. The van der Waals surface area contributed by atoms with Gasteiger partial charge in [0, 0.05) is 30.5 Å². The van der Waals surface area contributed by atoms with Crippen LogP contribution in [0.3, 0.4) is 0 Å². The number of nitrogens with zero attached hydrogens (tertiary/aromatic N) is 1. The summed E-state index contributed by atoms with van der Waals surface area (Å²) in [7, 11) is 0. The Morgan fingerprint density at radius 2 is 2.16 bits per heavy atom. The second-order valence-electron chi connectivity index (χ2n) is 4.60. The highest BCUT2D eigenvalue weighted by molar-refractivity contribution is 6.31. The molecule has 1 aromatic heterocycles. The molecule has 0 aliphatic rings. The van der Waals surface area contributed by atoms with Crippen LogP contribution in [-0.2, 0) is 13.1 Å². The number of rotatable bonds is 6. The zero-order chi connectivity index (χ0) is 13.7. The molecule has 0 bridgehead atoms. The Labute approximate surface area is 118 Å². The zero-order valence-electron chi connectivity index (χ0n) is 11.0. The Hall–Kier alpha value is -1.32. The van der Waals surface area contributed by atoms with E-state index in [0.29, 0.717) is 11.6 Å². The predicted octanol–water partition coefficient (Wildman–Crippen LogP) is 3.83. The standard InChI is InChI=1S/C15H18ClFN2/c1-2-6-18-9-12-5-7-19(10-12)11-13-3-4-14(17)8-15(13)16/h3-5,7-8,10,18H,2,6,9,11H2,1H3. The minimum absolute atomic E-state index is 0.300. The van der Waals surface area contributed by atoms with Crippen LogP contribution in [0.4, 0.5) is 4.39 Å². The molecule has 19 heavy (non-hydrogen) atoms. The molecule has 0 spiro atoms. The summed E-state index contributed by atoms with van der Waals surface area (Å²) >= 11 is 6.02. The van der Waals surface area contributed by atoms with E-state index in [-0.39, 0.29) is 5.82 Å². The molecule has 0 atom stereocenters. The van der Waals surface area contributed by atoms with Crippen molar-refractivity contribution in [1.82, 2.24) is 9.88 Å². The third kappa shape index (κ3) is 4.08. The second-order valence-corrected chi connectivity index (χ2v) is 5.01. The average Bonchev–Trinajstić information content (AvgIpc) is 2.81. The van der Waals surface area contributed by atoms with E-state index in [1.54, 1.807) is 6.07 Å². The van der Waals surface area contributed by atoms with Crippen LogP contribution in [0.5, 0.6) is 0 Å². The van der Waals surface area contributed by atoms with E-state index in [2.05, 4.69) is 29.1 Å². The first-order valence-corrected chi connectivity index (χ1v) is 6.86. The molecule has 0 saturated carbocycles. The molecular formula is C15H18ClFN2. The fraction of sp³-hybridized carbons (Fsp3) is 0.333. The van der Waals surface area contributed by atoms with Crippen LogP contribution in [0.2, 0.25) is 5.02 Å². The Kier molecular flexibility index (Phi) is 5.00. The molecule has 0 radical (unpaired) electrons. The van der Waals surface area contributed by atoms with Crippen LogP contribution in [0, 0.1) is 5.82 Å². The van der Waals surface area contributed by atoms with Gasteiger partial charge in [0.25, 0.3) is 0 Å². The van der Waals surface area contributed by atoms with Gasteiger partial charge in [0.05, 0.1) is 0 Å². The van der Waals surface area contributed by atoms with Crippen molar-refractivity contribution in [2.75, 3.05) is 6.54 Å². The van der Waals surface area contributed by atoms with Crippen LogP contribution >= 0.6 is 11.6 Å². The quantitative estimate of drug-likeness (QED) is 0.796. The van der Waals surface area contributed by atoms with Gasteiger partial charge in [0.15, 0.2) is 0 Å². The lowest BCUT2D eigenvalue weighted by Gasteiger charge is -2.06. The van der Waals surface area contributed by atoms with Gasteiger partial charge in [-0.2, -0.15) is 0 Å². The van der Waals surface area contributed by atoms with Crippen molar-refractivity contribution in [3.8, 4) is 0 Å². The number of nitrogens with one attached hydrogen (secondary N) is 1. The van der Waals surface area contributed by atoms with E-state index in [4.69, 9.17) is 11.6 Å². The number of hydrogen-bond acceptors (Lipinski definition) is 1. The molecule has 1 heterocycles. The van der Waals surface area contributed by atoms with Crippen molar-refractivity contribution in [2.45, 2.75) is 26.4 Å². The maximum atomic E-state index is 13.0. The molecule has 0 aliphatic heterocycles. The van der Waals surface area contributed by atoms with Crippen LogP contribution in [0.15, 0.2) is 36.7 Å². The van der Waals surface area contributed by atoms with Crippen molar-refractivity contribution in [3.63, 3.8) is 0 Å². The monoisotopic (exact) mass is 280 g/mol. The zero-order valence-corrected chi connectivity index (χ0v) is 11.8. The minimum Gasteiger partial charge on any atom is -0.350 e. The highest BCUT2D eigenvalue weighted by Crippen LogP contribution is 2.18. The van der Waals surface area contributed by atoms with Gasteiger partial charge in [0.1, 0.15) is 5.82 Å². The van der Waals surface area contributed by atoms with Crippen molar-refractivity contribution >= 4 is 11.6 Å². The molecule has 2 aromatic rings. The maximum Gasteiger partial charge on any atom is 0.124 e. The van der Waals surface area contributed by atoms with Gasteiger partial charge in [-0.3, -0.25) is 0 Å². The minimum atomic E-state index is -0.300. The summed E-state index contributed by atoms with van der Waals surface area (Å²) in [5, 5.41) is 3.83. The molecule has 4 heteroatoms. The summed E-state index contributed by atoms with van der Waals surface area (Å²) in [6, 6.07) is 6.60. The highest BCUT2D eigenvalue weighted by atomic mass is 35.5. The molecule has 1 N–H and O–H groups in total. The van der Waals surface area contributed by atoms with Crippen LogP contribution in [-0.4, -0.2) is 11.1 Å². The van der Waals surface area contributed by atoms with E-state index in [1.807, 2.05) is 6.20 Å². The molecule has 0 fully saturated rings. The fourth-order valence-electron chi connectivity index (χ4n) is 1.95. The first-order valence-electron chi connectivity index (χ1n) is 6.48. The molecule has 1 aromatic carbocycles. The van der Waals surface area contributed by atoms with E-state index < -0.39 is 0 Å². The summed E-state index contributed by atoms with van der Waals surface area (Å²) in [4.78, 5) is 0. The van der Waals surface area contributed by atoms with E-state index >= 15 is 0 Å². The summed E-state index contributed by atoms with van der Waals surface area (Å²) in [5.74, 6) is -0.300. The lowest BCUT2D eigenvalue weighted by molar-refractivity contribution is 0.626. The van der Waals surface area contributed by atoms with Gasteiger partial charge in [-0.15, -0.1) is 0 Å². The Morgan fingerprint density at radius 1 is 1.32 bits per heavy atom. The Bertz CT molecular complexity index is 537. The number of halogens is 2. The van der Waals surface area contributed by atoms with Crippen molar-refractivity contribution < 1.29 is 4.39 Å². The summed E-state index contributed by atoms with van der Waals surface area (Å²) in [6.07, 6.45) is 5.23. The number of benzene rings is 1. The predicted molar refractivity (Wildman–Crippen MR) is 76.9 cm³/mol. The molecule has 0 saturated heterocycles. The van der Waals surface area contributed by atoms with E-state index in [9.17, 15) is 4.39 Å². The van der Waals surface area contributed by atoms with E-state index in [1.165, 1.54) is 17.7 Å². The number of hydrogen-bond donors (Lipinski definition) is 1. The van der Waals surface area contributed by atoms with Gasteiger partial charge in [0.2, 0.25) is 0 Å². The summed E-state index contributed by atoms with van der Waals surface area (Å²) < 4.78 is 15.0. The van der Waals surface area contributed by atoms with Gasteiger partial charge in [-0.05, 0) is 42.3 Å². The maximum absolute atomic E-state index is 13.0. The molecule has 2 rings (SSSR count). The molecule has 2 nitrogen and oxygen atoms in total. The molecule has 0 unspecified atom stereocenters. The smallest absolute Gasteiger partial charge is 0.124 e. The first kappa shape index (κ1) is 14.1. The largest absolute Gasteiger partial charge is 0.350 e. The highest BCUT2D eigenvalue weighted by Gasteiger charge is 2.03. The topological polar surface area (TPSA) is 17.0 Å². The van der Waals surface area contributed by atoms with Crippen molar-refractivity contribution in [2.24, 2.45) is 0 Å². The Balaban J connectivity index is 1.99. The third-order valence-electron chi connectivity index (χ3n) is 2.94. The summed E-state index contributed by atoms with van der Waals surface area (Å²) in [6.45, 7) is 4.70. The van der Waals surface area contributed by atoms with Crippen molar-refractivity contribution in [1.29, 1.82) is 0 Å². The first-order chi connectivity index (χ1) is 9.19. The fourth-order valence-corrected chi connectivity index (χ4v) is 2.18. The molecule has 102 valence electrons. The van der Waals surface area contributed by atoms with Crippen molar-refractivity contribution in [3.05, 3.63) is 58.6 Å². The van der Waals surface area contributed by atoms with Gasteiger partial charge in [-0.1, -0.05) is 24.6 Å². The third-order valence-corrected chi connectivity index (χ3v) is 3.29. The summed E-state index contributed by atoms with van der Waals surface area (Å²) in [5.41, 5.74) is 2.17. The van der Waals surface area contributed by atoms with E-state index in [0.717, 1.165) is 25.1 Å². The van der Waals surface area contributed by atoms with Gasteiger partial charge < -0.3 is 9.88 Å². The molecule has 0 aliphatic carbocycles. The second kappa shape index (κ2) is 6.73. The lowest BCUT2D eigenvalue weighted by Crippen LogP contribution is -2.13. The van der Waals surface area contributed by atoms with Crippen LogP contribution in [0.1, 0.15) is 24.5 Å². The molecule has 0 amide bonds. The number of aromatic nitrogens is 1. The Morgan fingerprint density at radius 3 is 2.89 bits per heavy atom.